The first-order valence-electron chi connectivity index (χ1n) is 6.66. The predicted octanol–water partition coefficient (Wildman–Crippen LogP) is 3.79. The zero-order chi connectivity index (χ0) is 12.5. The van der Waals surface area contributed by atoms with E-state index in [1.807, 2.05) is 0 Å². The van der Waals surface area contributed by atoms with E-state index in [-0.39, 0.29) is 0 Å². The molecule has 2 aliphatic rings. The number of hydrogen-bond donors (Lipinski definition) is 1. The van der Waals surface area contributed by atoms with Crippen molar-refractivity contribution in [3.05, 3.63) is 27.1 Å². The molecule has 0 amide bonds. The van der Waals surface area contributed by atoms with E-state index >= 15 is 0 Å². The third-order valence-corrected chi connectivity index (χ3v) is 4.97. The van der Waals surface area contributed by atoms with Crippen LogP contribution in [0.25, 0.3) is 0 Å². The van der Waals surface area contributed by atoms with Gasteiger partial charge < -0.3 is 10.2 Å². The van der Waals surface area contributed by atoms with Gasteiger partial charge >= 0.3 is 0 Å². The molecule has 1 aliphatic heterocycles. The molecule has 1 aromatic carbocycles. The third-order valence-electron chi connectivity index (χ3n) is 3.81. The minimum atomic E-state index is 0.802. The quantitative estimate of drug-likeness (QED) is 0.863. The molecule has 3 rings (SSSR count). The number of halogens is 2. The van der Waals surface area contributed by atoms with Crippen LogP contribution in [0.3, 0.4) is 0 Å². The fourth-order valence-corrected chi connectivity index (χ4v) is 3.41. The number of rotatable bonds is 4. The standard InChI is InChI=1S/C14H18Br2N2/c15-11-1-4-13(16)14(7-11)18-6-5-10(9-18)8-17-12-2-3-12/h1,4,7,10,12,17H,2-3,5-6,8-9H2. The first-order chi connectivity index (χ1) is 8.72. The molecule has 98 valence electrons. The Morgan fingerprint density at radius 3 is 2.83 bits per heavy atom. The lowest BCUT2D eigenvalue weighted by molar-refractivity contribution is 0.515. The second-order valence-electron chi connectivity index (χ2n) is 5.38. The van der Waals surface area contributed by atoms with Crippen molar-refractivity contribution in [2.45, 2.75) is 25.3 Å². The van der Waals surface area contributed by atoms with Crippen molar-refractivity contribution in [3.8, 4) is 0 Å². The highest BCUT2D eigenvalue weighted by atomic mass is 79.9. The lowest BCUT2D eigenvalue weighted by Crippen LogP contribution is -2.27. The molecule has 1 aromatic rings. The van der Waals surface area contributed by atoms with Crippen molar-refractivity contribution in [1.29, 1.82) is 0 Å². The van der Waals surface area contributed by atoms with Crippen LogP contribution in [0.1, 0.15) is 19.3 Å². The molecular weight excluding hydrogens is 356 g/mol. The lowest BCUT2D eigenvalue weighted by atomic mass is 10.1. The second-order valence-corrected chi connectivity index (χ2v) is 7.15. The van der Waals surface area contributed by atoms with Crippen molar-refractivity contribution in [3.63, 3.8) is 0 Å². The molecule has 4 heteroatoms. The first kappa shape index (κ1) is 12.9. The molecule has 2 nitrogen and oxygen atoms in total. The summed E-state index contributed by atoms with van der Waals surface area (Å²) in [5.74, 6) is 0.802. The molecule has 1 heterocycles. The summed E-state index contributed by atoms with van der Waals surface area (Å²) in [6.45, 7) is 3.54. The Kier molecular flexibility index (Phi) is 3.97. The highest BCUT2D eigenvalue weighted by Gasteiger charge is 2.27. The van der Waals surface area contributed by atoms with E-state index in [2.05, 4.69) is 60.3 Å². The van der Waals surface area contributed by atoms with Crippen LogP contribution in [0.15, 0.2) is 27.1 Å². The van der Waals surface area contributed by atoms with Crippen LogP contribution in [0.5, 0.6) is 0 Å². The Bertz CT molecular complexity index is 432. The van der Waals surface area contributed by atoms with E-state index in [0.29, 0.717) is 0 Å². The molecule has 0 bridgehead atoms. The number of nitrogens with one attached hydrogen (secondary N) is 1. The molecule has 0 spiro atoms. The average molecular weight is 374 g/mol. The van der Waals surface area contributed by atoms with E-state index < -0.39 is 0 Å². The summed E-state index contributed by atoms with van der Waals surface area (Å²) in [5, 5.41) is 3.65. The molecule has 1 N–H and O–H groups in total. The van der Waals surface area contributed by atoms with Gasteiger partial charge in [-0.1, -0.05) is 15.9 Å². The van der Waals surface area contributed by atoms with Crippen molar-refractivity contribution in [2.24, 2.45) is 5.92 Å². The van der Waals surface area contributed by atoms with Crippen LogP contribution in [-0.2, 0) is 0 Å². The maximum Gasteiger partial charge on any atom is 0.0522 e. The van der Waals surface area contributed by atoms with Gasteiger partial charge in [-0.25, -0.2) is 0 Å². The van der Waals surface area contributed by atoms with Gasteiger partial charge in [0.15, 0.2) is 0 Å². The van der Waals surface area contributed by atoms with Crippen molar-refractivity contribution in [2.75, 3.05) is 24.5 Å². The minimum Gasteiger partial charge on any atom is -0.370 e. The molecule has 0 aromatic heterocycles. The van der Waals surface area contributed by atoms with Crippen LogP contribution in [0.4, 0.5) is 5.69 Å². The molecule has 1 saturated heterocycles. The summed E-state index contributed by atoms with van der Waals surface area (Å²) in [5.41, 5.74) is 1.32. The zero-order valence-corrected chi connectivity index (χ0v) is 13.5. The van der Waals surface area contributed by atoms with Gasteiger partial charge in [0.25, 0.3) is 0 Å². The zero-order valence-electron chi connectivity index (χ0n) is 10.3. The van der Waals surface area contributed by atoms with Gasteiger partial charge in [0.2, 0.25) is 0 Å². The van der Waals surface area contributed by atoms with Crippen LogP contribution in [0, 0.1) is 5.92 Å². The smallest absolute Gasteiger partial charge is 0.0522 e. The topological polar surface area (TPSA) is 15.3 Å². The van der Waals surface area contributed by atoms with Crippen LogP contribution >= 0.6 is 31.9 Å². The SMILES string of the molecule is Brc1ccc(Br)c(N2CCC(CNC3CC3)C2)c1. The Hall–Kier alpha value is -0.0600. The minimum absolute atomic E-state index is 0.802. The molecule has 18 heavy (non-hydrogen) atoms. The maximum absolute atomic E-state index is 3.65. The average Bonchev–Trinajstić information content (AvgIpc) is 3.08. The highest BCUT2D eigenvalue weighted by molar-refractivity contribution is 9.11. The van der Waals surface area contributed by atoms with E-state index in [4.69, 9.17) is 0 Å². The van der Waals surface area contributed by atoms with Gasteiger partial charge in [-0.05, 0) is 65.9 Å². The summed E-state index contributed by atoms with van der Waals surface area (Å²) in [7, 11) is 0. The largest absolute Gasteiger partial charge is 0.370 e. The van der Waals surface area contributed by atoms with Crippen molar-refractivity contribution >= 4 is 37.5 Å². The van der Waals surface area contributed by atoms with Crippen molar-refractivity contribution in [1.82, 2.24) is 5.32 Å². The number of hydrogen-bond acceptors (Lipinski definition) is 2. The molecule has 0 radical (unpaired) electrons. The Balaban J connectivity index is 1.61. The lowest BCUT2D eigenvalue weighted by Gasteiger charge is -2.20. The van der Waals surface area contributed by atoms with Crippen LogP contribution < -0.4 is 10.2 Å². The summed E-state index contributed by atoms with van der Waals surface area (Å²) >= 11 is 7.21. The molecule has 2 fully saturated rings. The third kappa shape index (κ3) is 3.09. The van der Waals surface area contributed by atoms with E-state index in [0.717, 1.165) is 16.4 Å². The second kappa shape index (κ2) is 5.51. The van der Waals surface area contributed by atoms with E-state index in [1.165, 1.54) is 49.1 Å². The number of anilines is 1. The van der Waals surface area contributed by atoms with Gasteiger partial charge in [0.05, 0.1) is 5.69 Å². The molecule has 1 aliphatic carbocycles. The van der Waals surface area contributed by atoms with Gasteiger partial charge in [0, 0.05) is 28.1 Å². The van der Waals surface area contributed by atoms with Crippen molar-refractivity contribution < 1.29 is 0 Å². The Morgan fingerprint density at radius 1 is 1.22 bits per heavy atom. The molecule has 1 unspecified atom stereocenters. The van der Waals surface area contributed by atoms with Crippen LogP contribution in [-0.4, -0.2) is 25.7 Å². The summed E-state index contributed by atoms with van der Waals surface area (Å²) in [6, 6.07) is 7.24. The first-order valence-corrected chi connectivity index (χ1v) is 8.24. The normalized spacial score (nSPS) is 23.7. The monoisotopic (exact) mass is 372 g/mol. The molecule has 1 atom stereocenters. The maximum atomic E-state index is 3.65. The van der Waals surface area contributed by atoms with Gasteiger partial charge in [-0.2, -0.15) is 0 Å². The van der Waals surface area contributed by atoms with Gasteiger partial charge in [0.1, 0.15) is 0 Å². The summed E-state index contributed by atoms with van der Waals surface area (Å²) < 4.78 is 2.35. The highest BCUT2D eigenvalue weighted by Crippen LogP contribution is 2.33. The fourth-order valence-electron chi connectivity index (χ4n) is 2.57. The number of benzene rings is 1. The summed E-state index contributed by atoms with van der Waals surface area (Å²) in [6.07, 6.45) is 4.07. The Labute approximate surface area is 125 Å². The molecule has 1 saturated carbocycles. The Morgan fingerprint density at radius 2 is 2.06 bits per heavy atom. The van der Waals surface area contributed by atoms with Gasteiger partial charge in [-0.15, -0.1) is 0 Å². The van der Waals surface area contributed by atoms with E-state index in [9.17, 15) is 0 Å². The number of nitrogens with zero attached hydrogens (tertiary/aromatic N) is 1. The van der Waals surface area contributed by atoms with Crippen LogP contribution in [0.2, 0.25) is 0 Å². The summed E-state index contributed by atoms with van der Waals surface area (Å²) in [4.78, 5) is 2.49. The fraction of sp³-hybridized carbons (Fsp3) is 0.571. The predicted molar refractivity (Wildman–Crippen MR) is 83.2 cm³/mol. The van der Waals surface area contributed by atoms with E-state index in [1.54, 1.807) is 0 Å². The van der Waals surface area contributed by atoms with Gasteiger partial charge in [-0.3, -0.25) is 0 Å². The molecular formula is C14H18Br2N2.